The van der Waals surface area contributed by atoms with E-state index >= 15 is 0 Å². The SMILES string of the molecule is Cc1ccc(-c2ccc(C=CC(=O)Nc3cccc(-c4nc5ccccc5[nH]4)c3)o2)cc1Cl. The van der Waals surface area contributed by atoms with Gasteiger partial charge in [-0.3, -0.25) is 4.79 Å². The second kappa shape index (κ2) is 8.81. The monoisotopic (exact) mass is 453 g/mol. The largest absolute Gasteiger partial charge is 0.457 e. The first kappa shape index (κ1) is 20.8. The molecule has 0 unspecified atom stereocenters. The first-order chi connectivity index (χ1) is 16.0. The molecule has 0 saturated carbocycles. The van der Waals surface area contributed by atoms with Crippen molar-refractivity contribution >= 4 is 40.3 Å². The Hall–Kier alpha value is -4.09. The van der Waals surface area contributed by atoms with Crippen molar-refractivity contribution in [1.29, 1.82) is 0 Å². The Morgan fingerprint density at radius 2 is 1.88 bits per heavy atom. The van der Waals surface area contributed by atoms with E-state index in [2.05, 4.69) is 15.3 Å². The van der Waals surface area contributed by atoms with Crippen LogP contribution in [0.1, 0.15) is 11.3 Å². The molecule has 0 bridgehead atoms. The number of nitrogens with one attached hydrogen (secondary N) is 2. The van der Waals surface area contributed by atoms with Gasteiger partial charge in [0.1, 0.15) is 17.3 Å². The predicted molar refractivity (Wildman–Crippen MR) is 133 cm³/mol. The summed E-state index contributed by atoms with van der Waals surface area (Å²) < 4.78 is 5.83. The van der Waals surface area contributed by atoms with Crippen LogP contribution in [0.5, 0.6) is 0 Å². The number of carbonyl (C=O) groups excluding carboxylic acids is 1. The average molecular weight is 454 g/mol. The van der Waals surface area contributed by atoms with E-state index in [1.165, 1.54) is 6.08 Å². The zero-order valence-electron chi connectivity index (χ0n) is 17.8. The predicted octanol–water partition coefficient (Wildman–Crippen LogP) is 7.10. The van der Waals surface area contributed by atoms with Crippen molar-refractivity contribution in [2.45, 2.75) is 6.92 Å². The van der Waals surface area contributed by atoms with Gasteiger partial charge >= 0.3 is 0 Å². The Balaban J connectivity index is 1.28. The maximum atomic E-state index is 12.5. The summed E-state index contributed by atoms with van der Waals surface area (Å²) in [6.45, 7) is 1.95. The maximum Gasteiger partial charge on any atom is 0.248 e. The number of aryl methyl sites for hydroxylation is 1. The molecule has 0 aliphatic carbocycles. The number of hydrogen-bond donors (Lipinski definition) is 2. The summed E-state index contributed by atoms with van der Waals surface area (Å²) in [6, 6.07) is 24.8. The molecule has 0 atom stereocenters. The van der Waals surface area contributed by atoms with E-state index in [4.69, 9.17) is 16.0 Å². The quantitative estimate of drug-likeness (QED) is 0.279. The number of furan rings is 1. The molecule has 33 heavy (non-hydrogen) atoms. The fraction of sp³-hybridized carbons (Fsp3) is 0.0370. The number of para-hydroxylation sites is 2. The lowest BCUT2D eigenvalue weighted by Crippen LogP contribution is -2.07. The second-order valence-electron chi connectivity index (χ2n) is 7.67. The first-order valence-corrected chi connectivity index (χ1v) is 10.8. The average Bonchev–Trinajstić information content (AvgIpc) is 3.47. The third kappa shape index (κ3) is 4.59. The number of anilines is 1. The molecular formula is C27H20ClN3O2. The molecule has 2 aromatic heterocycles. The number of aromatic nitrogens is 2. The highest BCUT2D eigenvalue weighted by Crippen LogP contribution is 2.27. The lowest BCUT2D eigenvalue weighted by Gasteiger charge is -2.04. The fourth-order valence-corrected chi connectivity index (χ4v) is 3.70. The molecule has 3 aromatic carbocycles. The molecule has 1 amide bonds. The van der Waals surface area contributed by atoms with Crippen molar-refractivity contribution in [2.75, 3.05) is 5.32 Å². The van der Waals surface area contributed by atoms with Gasteiger partial charge in [-0.15, -0.1) is 0 Å². The third-order valence-electron chi connectivity index (χ3n) is 5.28. The molecule has 0 aliphatic rings. The Bertz CT molecular complexity index is 1460. The van der Waals surface area contributed by atoms with Gasteiger partial charge in [-0.05, 0) is 61.0 Å². The molecule has 5 aromatic rings. The Morgan fingerprint density at radius 3 is 2.73 bits per heavy atom. The van der Waals surface area contributed by atoms with Gasteiger partial charge in [-0.25, -0.2) is 4.98 Å². The third-order valence-corrected chi connectivity index (χ3v) is 5.68. The summed E-state index contributed by atoms with van der Waals surface area (Å²) in [5.74, 6) is 1.76. The highest BCUT2D eigenvalue weighted by molar-refractivity contribution is 6.31. The number of amides is 1. The number of aromatic amines is 1. The maximum absolute atomic E-state index is 12.5. The number of imidazole rings is 1. The molecule has 2 heterocycles. The van der Waals surface area contributed by atoms with Crippen molar-refractivity contribution in [3.8, 4) is 22.7 Å². The fourth-order valence-electron chi connectivity index (χ4n) is 3.52. The summed E-state index contributed by atoms with van der Waals surface area (Å²) in [6.07, 6.45) is 3.08. The molecule has 0 radical (unpaired) electrons. The van der Waals surface area contributed by atoms with E-state index in [1.54, 1.807) is 6.08 Å². The van der Waals surface area contributed by atoms with E-state index in [0.29, 0.717) is 22.2 Å². The Morgan fingerprint density at radius 1 is 1.00 bits per heavy atom. The number of fused-ring (bicyclic) bond motifs is 1. The van der Waals surface area contributed by atoms with Gasteiger partial charge in [-0.2, -0.15) is 0 Å². The molecule has 0 fully saturated rings. The molecule has 2 N–H and O–H groups in total. The van der Waals surface area contributed by atoms with Gasteiger partial charge in [-0.1, -0.05) is 48.0 Å². The van der Waals surface area contributed by atoms with Crippen molar-refractivity contribution in [3.05, 3.63) is 101 Å². The lowest BCUT2D eigenvalue weighted by atomic mass is 10.1. The van der Waals surface area contributed by atoms with Crippen LogP contribution in [0, 0.1) is 6.92 Å². The lowest BCUT2D eigenvalue weighted by molar-refractivity contribution is -0.111. The normalized spacial score (nSPS) is 11.3. The minimum absolute atomic E-state index is 0.256. The summed E-state index contributed by atoms with van der Waals surface area (Å²) in [5, 5.41) is 3.57. The van der Waals surface area contributed by atoms with Crippen LogP contribution in [-0.4, -0.2) is 15.9 Å². The molecular weight excluding hydrogens is 434 g/mol. The topological polar surface area (TPSA) is 70.9 Å². The highest BCUT2D eigenvalue weighted by Gasteiger charge is 2.08. The number of halogens is 1. The van der Waals surface area contributed by atoms with Crippen LogP contribution >= 0.6 is 11.6 Å². The zero-order chi connectivity index (χ0) is 22.8. The van der Waals surface area contributed by atoms with Crippen molar-refractivity contribution in [2.24, 2.45) is 0 Å². The van der Waals surface area contributed by atoms with Crippen LogP contribution in [0.15, 0.2) is 89.4 Å². The van der Waals surface area contributed by atoms with Gasteiger partial charge in [0.2, 0.25) is 5.91 Å². The van der Waals surface area contributed by atoms with Gasteiger partial charge in [0, 0.05) is 27.9 Å². The summed E-state index contributed by atoms with van der Waals surface area (Å²) in [7, 11) is 0. The van der Waals surface area contributed by atoms with Crippen LogP contribution in [0.4, 0.5) is 5.69 Å². The Kier molecular flexibility index (Phi) is 5.55. The van der Waals surface area contributed by atoms with E-state index in [1.807, 2.05) is 85.8 Å². The minimum Gasteiger partial charge on any atom is -0.457 e. The van der Waals surface area contributed by atoms with Crippen LogP contribution in [-0.2, 0) is 4.79 Å². The molecule has 6 heteroatoms. The van der Waals surface area contributed by atoms with Gasteiger partial charge in [0.15, 0.2) is 0 Å². The van der Waals surface area contributed by atoms with Gasteiger partial charge in [0.25, 0.3) is 0 Å². The standard InChI is InChI=1S/C27H20ClN3O2/c1-17-9-10-18(16-22(17)28)25-13-11-21(33-25)12-14-26(32)29-20-6-4-5-19(15-20)27-30-23-7-2-3-8-24(23)31-27/h2-16H,1H3,(H,29,32)(H,30,31). The molecule has 0 aliphatic heterocycles. The van der Waals surface area contributed by atoms with Crippen LogP contribution in [0.2, 0.25) is 5.02 Å². The molecule has 5 nitrogen and oxygen atoms in total. The van der Waals surface area contributed by atoms with Crippen LogP contribution in [0.25, 0.3) is 39.8 Å². The number of rotatable bonds is 5. The number of H-pyrrole nitrogens is 1. The highest BCUT2D eigenvalue weighted by atomic mass is 35.5. The smallest absolute Gasteiger partial charge is 0.248 e. The number of benzene rings is 3. The van der Waals surface area contributed by atoms with Crippen LogP contribution in [0.3, 0.4) is 0 Å². The van der Waals surface area contributed by atoms with Crippen LogP contribution < -0.4 is 5.32 Å². The molecule has 162 valence electrons. The summed E-state index contributed by atoms with van der Waals surface area (Å²) in [4.78, 5) is 20.4. The van der Waals surface area contributed by atoms with Crippen molar-refractivity contribution in [1.82, 2.24) is 9.97 Å². The Labute approximate surface area is 195 Å². The van der Waals surface area contributed by atoms with E-state index in [9.17, 15) is 4.79 Å². The van der Waals surface area contributed by atoms with Crippen molar-refractivity contribution < 1.29 is 9.21 Å². The summed E-state index contributed by atoms with van der Waals surface area (Å²) >= 11 is 6.21. The first-order valence-electron chi connectivity index (χ1n) is 10.5. The van der Waals surface area contributed by atoms with Gasteiger partial charge in [0.05, 0.1) is 11.0 Å². The molecule has 5 rings (SSSR count). The second-order valence-corrected chi connectivity index (χ2v) is 8.08. The zero-order valence-corrected chi connectivity index (χ0v) is 18.6. The van der Waals surface area contributed by atoms with E-state index < -0.39 is 0 Å². The number of hydrogen-bond acceptors (Lipinski definition) is 3. The summed E-state index contributed by atoms with van der Waals surface area (Å²) in [5.41, 5.74) is 5.33. The number of nitrogens with zero attached hydrogens (tertiary/aromatic N) is 1. The van der Waals surface area contributed by atoms with Gasteiger partial charge < -0.3 is 14.7 Å². The van der Waals surface area contributed by atoms with E-state index in [-0.39, 0.29) is 5.91 Å². The van der Waals surface area contributed by atoms with Crippen molar-refractivity contribution in [3.63, 3.8) is 0 Å². The number of carbonyl (C=O) groups is 1. The minimum atomic E-state index is -0.256. The molecule has 0 spiro atoms. The van der Waals surface area contributed by atoms with E-state index in [0.717, 1.165) is 33.5 Å². The molecule has 0 saturated heterocycles.